The van der Waals surface area contributed by atoms with Crippen LogP contribution in [0.1, 0.15) is 18.9 Å². The molecule has 0 aliphatic heterocycles. The molecule has 3 nitrogen and oxygen atoms in total. The number of aromatic hydroxyl groups is 1. The van der Waals surface area contributed by atoms with E-state index in [0.29, 0.717) is 19.4 Å². The maximum Gasteiger partial charge on any atom is 0.115 e. The Morgan fingerprint density at radius 2 is 2.13 bits per heavy atom. The van der Waals surface area contributed by atoms with Crippen molar-refractivity contribution in [2.24, 2.45) is 0 Å². The van der Waals surface area contributed by atoms with Crippen LogP contribution in [0.25, 0.3) is 0 Å². The van der Waals surface area contributed by atoms with E-state index in [4.69, 9.17) is 4.74 Å². The van der Waals surface area contributed by atoms with Crippen LogP contribution >= 0.6 is 0 Å². The van der Waals surface area contributed by atoms with Crippen LogP contribution in [0, 0.1) is 0 Å². The summed E-state index contributed by atoms with van der Waals surface area (Å²) >= 11 is 0. The maximum absolute atomic E-state index is 10.2. The highest BCUT2D eigenvalue weighted by molar-refractivity contribution is 5.28. The van der Waals surface area contributed by atoms with Gasteiger partial charge in [0.2, 0.25) is 0 Å². The van der Waals surface area contributed by atoms with Gasteiger partial charge in [-0.25, -0.2) is 0 Å². The Morgan fingerprint density at radius 3 is 2.67 bits per heavy atom. The molecule has 1 unspecified atom stereocenters. The largest absolute Gasteiger partial charge is 0.508 e. The number of benzene rings is 1. The normalized spacial score (nSPS) is 14.9. The third-order valence-electron chi connectivity index (χ3n) is 2.51. The summed E-state index contributed by atoms with van der Waals surface area (Å²) in [6.07, 6.45) is 1.11. The third kappa shape index (κ3) is 3.53. The van der Waals surface area contributed by atoms with E-state index < -0.39 is 5.60 Å². The summed E-state index contributed by atoms with van der Waals surface area (Å²) in [5.74, 6) is 0.225. The van der Waals surface area contributed by atoms with E-state index >= 15 is 0 Å². The average molecular weight is 210 g/mol. The zero-order valence-corrected chi connectivity index (χ0v) is 9.23. The average Bonchev–Trinajstić information content (AvgIpc) is 2.18. The van der Waals surface area contributed by atoms with Gasteiger partial charge in [-0.3, -0.25) is 0 Å². The summed E-state index contributed by atoms with van der Waals surface area (Å²) in [5.41, 5.74) is 0.0686. The first-order valence-corrected chi connectivity index (χ1v) is 5.09. The van der Waals surface area contributed by atoms with Gasteiger partial charge in [0.05, 0.1) is 12.2 Å². The lowest BCUT2D eigenvalue weighted by molar-refractivity contribution is -0.0333. The quantitative estimate of drug-likeness (QED) is 0.778. The number of phenolic OH excluding ortho intramolecular Hbond substituents is 1. The van der Waals surface area contributed by atoms with E-state index in [0.717, 1.165) is 5.56 Å². The van der Waals surface area contributed by atoms with Crippen LogP contribution in [0.4, 0.5) is 0 Å². The highest BCUT2D eigenvalue weighted by Crippen LogP contribution is 2.20. The highest BCUT2D eigenvalue weighted by Gasteiger charge is 2.24. The van der Waals surface area contributed by atoms with Crippen LogP contribution in [-0.2, 0) is 11.2 Å². The molecule has 15 heavy (non-hydrogen) atoms. The fraction of sp³-hybridized carbons (Fsp3) is 0.500. The van der Waals surface area contributed by atoms with Gasteiger partial charge >= 0.3 is 0 Å². The van der Waals surface area contributed by atoms with E-state index in [-0.39, 0.29) is 5.75 Å². The molecular weight excluding hydrogens is 192 g/mol. The summed E-state index contributed by atoms with van der Waals surface area (Å²) in [6, 6.07) is 6.94. The number of hydrogen-bond acceptors (Lipinski definition) is 3. The molecule has 0 aromatic heterocycles. The van der Waals surface area contributed by atoms with Gasteiger partial charge in [0.1, 0.15) is 5.75 Å². The second kappa shape index (κ2) is 5.14. The van der Waals surface area contributed by atoms with E-state index in [2.05, 4.69) is 0 Å². The van der Waals surface area contributed by atoms with Crippen LogP contribution in [0.2, 0.25) is 0 Å². The lowest BCUT2D eigenvalue weighted by atomic mass is 9.93. The van der Waals surface area contributed by atoms with Crippen molar-refractivity contribution < 1.29 is 14.9 Å². The van der Waals surface area contributed by atoms with Crippen LogP contribution < -0.4 is 0 Å². The summed E-state index contributed by atoms with van der Waals surface area (Å²) in [6.45, 7) is 2.22. The Balaban J connectivity index is 2.74. The van der Waals surface area contributed by atoms with Crippen molar-refractivity contribution >= 4 is 0 Å². The minimum absolute atomic E-state index is 0.225. The van der Waals surface area contributed by atoms with Crippen molar-refractivity contribution in [2.45, 2.75) is 25.4 Å². The van der Waals surface area contributed by atoms with Crippen LogP contribution in [-0.4, -0.2) is 29.5 Å². The summed E-state index contributed by atoms with van der Waals surface area (Å²) < 4.78 is 4.99. The summed E-state index contributed by atoms with van der Waals surface area (Å²) in [7, 11) is 1.57. The Hall–Kier alpha value is -1.06. The van der Waals surface area contributed by atoms with Crippen molar-refractivity contribution in [1.82, 2.24) is 0 Å². The second-order valence-corrected chi connectivity index (χ2v) is 3.86. The molecule has 1 atom stereocenters. The second-order valence-electron chi connectivity index (χ2n) is 3.86. The van der Waals surface area contributed by atoms with Crippen molar-refractivity contribution in [3.63, 3.8) is 0 Å². The van der Waals surface area contributed by atoms with Gasteiger partial charge in [0.15, 0.2) is 0 Å². The van der Waals surface area contributed by atoms with Crippen LogP contribution in [0.3, 0.4) is 0 Å². The third-order valence-corrected chi connectivity index (χ3v) is 2.51. The fourth-order valence-electron chi connectivity index (χ4n) is 1.59. The Labute approximate surface area is 90.3 Å². The first kappa shape index (κ1) is 12.0. The number of rotatable bonds is 5. The van der Waals surface area contributed by atoms with Gasteiger partial charge in [-0.1, -0.05) is 19.1 Å². The van der Waals surface area contributed by atoms with Crippen LogP contribution in [0.5, 0.6) is 5.75 Å². The zero-order chi connectivity index (χ0) is 11.3. The highest BCUT2D eigenvalue weighted by atomic mass is 16.5. The fourth-order valence-corrected chi connectivity index (χ4v) is 1.59. The molecule has 3 heteroatoms. The first-order valence-electron chi connectivity index (χ1n) is 5.09. The number of phenols is 1. The number of ether oxygens (including phenoxy) is 1. The molecule has 0 spiro atoms. The predicted octanol–water partition coefficient (Wildman–Crippen LogP) is 1.72. The molecule has 0 aliphatic carbocycles. The van der Waals surface area contributed by atoms with E-state index in [1.165, 1.54) is 0 Å². The smallest absolute Gasteiger partial charge is 0.115 e. The van der Waals surface area contributed by atoms with Crippen molar-refractivity contribution in [1.29, 1.82) is 0 Å². The van der Waals surface area contributed by atoms with Gasteiger partial charge in [-0.15, -0.1) is 0 Å². The molecule has 0 amide bonds. The molecule has 0 heterocycles. The minimum Gasteiger partial charge on any atom is -0.508 e. The molecule has 0 fully saturated rings. The van der Waals surface area contributed by atoms with Crippen LogP contribution in [0.15, 0.2) is 24.3 Å². The molecule has 1 aromatic carbocycles. The molecule has 0 aliphatic rings. The molecular formula is C12H18O3. The lowest BCUT2D eigenvalue weighted by Crippen LogP contribution is -2.35. The molecule has 0 radical (unpaired) electrons. The zero-order valence-electron chi connectivity index (χ0n) is 9.23. The Bertz CT molecular complexity index is 311. The Kier molecular flexibility index (Phi) is 4.12. The molecule has 0 saturated heterocycles. The molecule has 1 aromatic rings. The number of methoxy groups -OCH3 is 1. The molecule has 84 valence electrons. The first-order chi connectivity index (χ1) is 7.09. The summed E-state index contributed by atoms with van der Waals surface area (Å²) in [5, 5.41) is 19.5. The summed E-state index contributed by atoms with van der Waals surface area (Å²) in [4.78, 5) is 0. The van der Waals surface area contributed by atoms with Gasteiger partial charge in [-0.2, -0.15) is 0 Å². The molecule has 1 rings (SSSR count). The monoisotopic (exact) mass is 210 g/mol. The lowest BCUT2D eigenvalue weighted by Gasteiger charge is -2.25. The molecule has 0 saturated carbocycles. The van der Waals surface area contributed by atoms with Gasteiger partial charge in [0.25, 0.3) is 0 Å². The van der Waals surface area contributed by atoms with E-state index in [1.807, 2.05) is 13.0 Å². The maximum atomic E-state index is 10.2. The topological polar surface area (TPSA) is 49.7 Å². The predicted molar refractivity (Wildman–Crippen MR) is 58.9 cm³/mol. The van der Waals surface area contributed by atoms with Crippen molar-refractivity contribution in [3.05, 3.63) is 29.8 Å². The van der Waals surface area contributed by atoms with E-state index in [1.54, 1.807) is 25.3 Å². The number of hydrogen-bond donors (Lipinski definition) is 2. The SMILES string of the molecule is CCC(O)(COC)Cc1cccc(O)c1. The van der Waals surface area contributed by atoms with E-state index in [9.17, 15) is 10.2 Å². The minimum atomic E-state index is -0.845. The molecule has 0 bridgehead atoms. The van der Waals surface area contributed by atoms with Gasteiger partial charge in [0, 0.05) is 13.5 Å². The number of aliphatic hydroxyl groups is 1. The van der Waals surface area contributed by atoms with Crippen molar-refractivity contribution in [3.8, 4) is 5.75 Å². The van der Waals surface area contributed by atoms with Crippen molar-refractivity contribution in [2.75, 3.05) is 13.7 Å². The Morgan fingerprint density at radius 1 is 1.40 bits per heavy atom. The standard InChI is InChI=1S/C12H18O3/c1-3-12(14,9-15-2)8-10-5-4-6-11(13)7-10/h4-7,13-14H,3,8-9H2,1-2H3. The van der Waals surface area contributed by atoms with Gasteiger partial charge in [-0.05, 0) is 24.1 Å². The van der Waals surface area contributed by atoms with Gasteiger partial charge < -0.3 is 14.9 Å². The molecule has 2 N–H and O–H groups in total.